The second-order valence-corrected chi connectivity index (χ2v) is 10.6. The number of carboxylic acid groups (broad SMARTS) is 1. The summed E-state index contributed by atoms with van der Waals surface area (Å²) in [6.45, 7) is 9.34. The number of hydrogen-bond donors (Lipinski definition) is 4. The van der Waals surface area contributed by atoms with Crippen molar-refractivity contribution >= 4 is 46.8 Å². The van der Waals surface area contributed by atoms with Crippen LogP contribution >= 0.6 is 0 Å². The standard InChI is InChI=1S/C14H19NO3.C13H17NO3.C9H11NO2/c1-4-5-9-13(16)15-12-8-6-7-11(10(12)2)14(17)18-3;1-3-4-8-12(15)14-11-7-5-6-10(9(11)2)13(16)17;1-6-7(9(11)12-2)4-3-5-8(6)10/h6-8H,4-5,9H2,1-3H3,(H,15,16);5-7H,3-4,8H2,1-2H3,(H,14,15)(H,16,17);3-5H,10H2,1-2H3. The van der Waals surface area contributed by atoms with Crippen LogP contribution in [0.4, 0.5) is 17.1 Å². The molecule has 0 spiro atoms. The normalized spacial score (nSPS) is 9.85. The maximum atomic E-state index is 11.6. The summed E-state index contributed by atoms with van der Waals surface area (Å²) in [4.78, 5) is 56.7. The van der Waals surface area contributed by atoms with Crippen LogP contribution in [0, 0.1) is 20.8 Å². The van der Waals surface area contributed by atoms with Gasteiger partial charge >= 0.3 is 17.9 Å². The van der Waals surface area contributed by atoms with Crippen LogP contribution in [0.15, 0.2) is 54.6 Å². The van der Waals surface area contributed by atoms with E-state index in [1.165, 1.54) is 20.3 Å². The van der Waals surface area contributed by atoms with Gasteiger partial charge < -0.3 is 30.9 Å². The molecule has 0 aliphatic heterocycles. The van der Waals surface area contributed by atoms with E-state index in [9.17, 15) is 24.0 Å². The maximum Gasteiger partial charge on any atom is 0.338 e. The van der Waals surface area contributed by atoms with Gasteiger partial charge in [-0.05, 0) is 86.7 Å². The first-order valence-corrected chi connectivity index (χ1v) is 15.4. The molecule has 0 unspecified atom stereocenters. The van der Waals surface area contributed by atoms with Crippen LogP contribution in [-0.4, -0.2) is 49.0 Å². The average molecular weight is 650 g/mol. The van der Waals surface area contributed by atoms with Crippen LogP contribution in [0.3, 0.4) is 0 Å². The number of carboxylic acids is 1. The van der Waals surface area contributed by atoms with Gasteiger partial charge in [0, 0.05) is 29.9 Å². The summed E-state index contributed by atoms with van der Waals surface area (Å²) in [5.41, 5.74) is 10.8. The number of nitrogen functional groups attached to an aromatic ring is 1. The van der Waals surface area contributed by atoms with Crippen LogP contribution in [0.5, 0.6) is 0 Å². The highest BCUT2D eigenvalue weighted by molar-refractivity contribution is 5.97. The number of carbonyl (C=O) groups is 5. The largest absolute Gasteiger partial charge is 0.478 e. The zero-order valence-corrected chi connectivity index (χ0v) is 28.3. The van der Waals surface area contributed by atoms with E-state index in [4.69, 9.17) is 15.6 Å². The summed E-state index contributed by atoms with van der Waals surface area (Å²) in [6.07, 6.45) is 4.60. The number of ether oxygens (including phenoxy) is 2. The van der Waals surface area contributed by atoms with E-state index < -0.39 is 11.9 Å². The molecular formula is C36H47N3O8. The summed E-state index contributed by atoms with van der Waals surface area (Å²) in [5, 5.41) is 14.5. The molecule has 0 bridgehead atoms. The maximum absolute atomic E-state index is 11.6. The average Bonchev–Trinajstić information content (AvgIpc) is 3.05. The van der Waals surface area contributed by atoms with E-state index in [1.807, 2.05) is 13.8 Å². The van der Waals surface area contributed by atoms with Gasteiger partial charge in [0.25, 0.3) is 0 Å². The molecule has 254 valence electrons. The van der Waals surface area contributed by atoms with Crippen molar-refractivity contribution < 1.29 is 38.6 Å². The van der Waals surface area contributed by atoms with E-state index in [0.717, 1.165) is 36.8 Å². The molecule has 0 aromatic heterocycles. The summed E-state index contributed by atoms with van der Waals surface area (Å²) >= 11 is 0. The number of nitrogens with one attached hydrogen (secondary N) is 2. The topological polar surface area (TPSA) is 174 Å². The predicted octanol–water partition coefficient (Wildman–Crippen LogP) is 7.10. The van der Waals surface area contributed by atoms with Crippen LogP contribution in [0.25, 0.3) is 0 Å². The summed E-state index contributed by atoms with van der Waals surface area (Å²) < 4.78 is 9.27. The second kappa shape index (κ2) is 20.8. The van der Waals surface area contributed by atoms with Gasteiger partial charge in [-0.1, -0.05) is 44.9 Å². The van der Waals surface area contributed by atoms with E-state index in [-0.39, 0.29) is 23.3 Å². The summed E-state index contributed by atoms with van der Waals surface area (Å²) in [6, 6.07) is 15.2. The molecule has 0 heterocycles. The number of rotatable bonds is 11. The van der Waals surface area contributed by atoms with Crippen molar-refractivity contribution in [1.29, 1.82) is 0 Å². The van der Waals surface area contributed by atoms with E-state index in [0.29, 0.717) is 46.6 Å². The minimum absolute atomic E-state index is 0.0260. The van der Waals surface area contributed by atoms with Gasteiger partial charge in [-0.25, -0.2) is 14.4 Å². The first-order chi connectivity index (χ1) is 22.3. The van der Waals surface area contributed by atoms with Crippen molar-refractivity contribution in [3.8, 4) is 0 Å². The molecule has 11 nitrogen and oxygen atoms in total. The SMILES string of the molecule is CCCCC(=O)Nc1cccc(C(=O)O)c1C.CCCCC(=O)Nc1cccc(C(=O)OC)c1C.COC(=O)c1cccc(N)c1C. The third kappa shape index (κ3) is 13.0. The van der Waals surface area contributed by atoms with Gasteiger partial charge in [-0.3, -0.25) is 9.59 Å². The number of benzene rings is 3. The Morgan fingerprint density at radius 2 is 1.02 bits per heavy atom. The van der Waals surface area contributed by atoms with Gasteiger partial charge in [-0.15, -0.1) is 0 Å². The quantitative estimate of drug-likeness (QED) is 0.125. The molecule has 0 aliphatic rings. The molecule has 3 rings (SSSR count). The molecule has 3 aromatic carbocycles. The summed E-state index contributed by atoms with van der Waals surface area (Å²) in [7, 11) is 2.69. The molecule has 3 aromatic rings. The van der Waals surface area contributed by atoms with E-state index >= 15 is 0 Å². The molecule has 11 heteroatoms. The van der Waals surface area contributed by atoms with E-state index in [1.54, 1.807) is 69.3 Å². The molecule has 0 aliphatic carbocycles. The number of aromatic carboxylic acids is 1. The zero-order chi connectivity index (χ0) is 35.5. The molecule has 5 N–H and O–H groups in total. The highest BCUT2D eigenvalue weighted by Gasteiger charge is 2.14. The van der Waals surface area contributed by atoms with Gasteiger partial charge in [0.1, 0.15) is 0 Å². The lowest BCUT2D eigenvalue weighted by atomic mass is 10.1. The van der Waals surface area contributed by atoms with Crippen molar-refractivity contribution in [2.45, 2.75) is 73.1 Å². The number of esters is 2. The molecule has 0 saturated carbocycles. The number of methoxy groups -OCH3 is 2. The Morgan fingerprint density at radius 3 is 1.43 bits per heavy atom. The minimum atomic E-state index is -0.979. The zero-order valence-electron chi connectivity index (χ0n) is 28.3. The first kappa shape index (κ1) is 39.8. The lowest BCUT2D eigenvalue weighted by molar-refractivity contribution is -0.117. The number of hydrogen-bond acceptors (Lipinski definition) is 8. The van der Waals surface area contributed by atoms with Crippen molar-refractivity contribution in [3.05, 3.63) is 88.0 Å². The van der Waals surface area contributed by atoms with Crippen LogP contribution in [0.2, 0.25) is 0 Å². The molecule has 0 radical (unpaired) electrons. The lowest BCUT2D eigenvalue weighted by Crippen LogP contribution is -2.13. The Hall–Kier alpha value is -5.19. The second-order valence-electron chi connectivity index (χ2n) is 10.6. The number of amides is 2. The molecule has 47 heavy (non-hydrogen) atoms. The highest BCUT2D eigenvalue weighted by Crippen LogP contribution is 2.21. The number of unbranched alkanes of at least 4 members (excludes halogenated alkanes) is 2. The molecular weight excluding hydrogens is 602 g/mol. The van der Waals surface area contributed by atoms with Crippen molar-refractivity contribution in [2.24, 2.45) is 0 Å². The van der Waals surface area contributed by atoms with Crippen LogP contribution < -0.4 is 16.4 Å². The molecule has 0 saturated heterocycles. The Morgan fingerprint density at radius 1 is 0.638 bits per heavy atom. The first-order valence-electron chi connectivity index (χ1n) is 15.4. The molecule has 0 fully saturated rings. The third-order valence-electron chi connectivity index (χ3n) is 7.15. The number of anilines is 3. The molecule has 2 amide bonds. The van der Waals surface area contributed by atoms with Crippen molar-refractivity contribution in [1.82, 2.24) is 0 Å². The summed E-state index contributed by atoms with van der Waals surface area (Å²) in [5.74, 6) is -1.82. The van der Waals surface area contributed by atoms with Crippen molar-refractivity contribution in [2.75, 3.05) is 30.6 Å². The lowest BCUT2D eigenvalue weighted by Gasteiger charge is -2.11. The Balaban J connectivity index is 0.000000360. The van der Waals surface area contributed by atoms with Crippen molar-refractivity contribution in [3.63, 3.8) is 0 Å². The Kier molecular flexibility index (Phi) is 17.6. The smallest absolute Gasteiger partial charge is 0.338 e. The number of nitrogens with two attached hydrogens (primary N) is 1. The van der Waals surface area contributed by atoms with Gasteiger partial charge in [0.05, 0.1) is 30.9 Å². The fourth-order valence-corrected chi connectivity index (χ4v) is 4.19. The van der Waals surface area contributed by atoms with Crippen LogP contribution in [-0.2, 0) is 19.1 Å². The third-order valence-corrected chi connectivity index (χ3v) is 7.15. The highest BCUT2D eigenvalue weighted by atomic mass is 16.5. The number of carbonyl (C=O) groups excluding carboxylic acids is 4. The minimum Gasteiger partial charge on any atom is -0.478 e. The van der Waals surface area contributed by atoms with Crippen LogP contribution in [0.1, 0.15) is 100 Å². The van der Waals surface area contributed by atoms with Gasteiger partial charge in [0.2, 0.25) is 11.8 Å². The molecule has 0 atom stereocenters. The van der Waals surface area contributed by atoms with Gasteiger partial charge in [-0.2, -0.15) is 0 Å². The Labute approximate surface area is 276 Å². The monoisotopic (exact) mass is 649 g/mol. The Bertz CT molecular complexity index is 1530. The fraction of sp³-hybridized carbons (Fsp3) is 0.361. The predicted molar refractivity (Wildman–Crippen MR) is 184 cm³/mol. The van der Waals surface area contributed by atoms with Gasteiger partial charge in [0.15, 0.2) is 0 Å². The van der Waals surface area contributed by atoms with E-state index in [2.05, 4.69) is 15.4 Å². The fourth-order valence-electron chi connectivity index (χ4n) is 4.19.